The highest BCUT2D eigenvalue weighted by Crippen LogP contribution is 2.14. The Kier molecular flexibility index (Phi) is 5.78. The van der Waals surface area contributed by atoms with Crippen LogP contribution in [-0.4, -0.2) is 43.4 Å². The van der Waals surface area contributed by atoms with Gasteiger partial charge in [0.25, 0.3) is 0 Å². The number of rotatable bonds is 6. The van der Waals surface area contributed by atoms with Crippen LogP contribution in [0.5, 0.6) is 0 Å². The fourth-order valence-electron chi connectivity index (χ4n) is 3.27. The van der Waals surface area contributed by atoms with Crippen LogP contribution in [-0.2, 0) is 6.42 Å². The maximum Gasteiger partial charge on any atom is 0.166 e. The SMILES string of the molecule is CC(CN1CCNCC1)C(=O)c1ccc(Cc2ccccc2)cc1. The van der Waals surface area contributed by atoms with Crippen LogP contribution in [0.1, 0.15) is 28.4 Å². The van der Waals surface area contributed by atoms with Gasteiger partial charge in [0.05, 0.1) is 0 Å². The summed E-state index contributed by atoms with van der Waals surface area (Å²) in [5.74, 6) is 0.294. The lowest BCUT2D eigenvalue weighted by Gasteiger charge is -2.29. The van der Waals surface area contributed by atoms with Crippen molar-refractivity contribution in [2.45, 2.75) is 13.3 Å². The molecule has 0 amide bonds. The van der Waals surface area contributed by atoms with Crippen molar-refractivity contribution in [2.75, 3.05) is 32.7 Å². The summed E-state index contributed by atoms with van der Waals surface area (Å²) in [6, 6.07) is 18.5. The summed E-state index contributed by atoms with van der Waals surface area (Å²) in [7, 11) is 0. The van der Waals surface area contributed by atoms with Crippen molar-refractivity contribution < 1.29 is 4.79 Å². The number of hydrogen-bond acceptors (Lipinski definition) is 3. The van der Waals surface area contributed by atoms with Gasteiger partial charge in [-0.2, -0.15) is 0 Å². The van der Waals surface area contributed by atoms with Gasteiger partial charge in [-0.05, 0) is 17.5 Å². The maximum atomic E-state index is 12.6. The fraction of sp³-hybridized carbons (Fsp3) is 0.381. The second kappa shape index (κ2) is 8.22. The molecule has 1 atom stereocenters. The highest BCUT2D eigenvalue weighted by Gasteiger charge is 2.19. The number of carbonyl (C=O) groups is 1. The first kappa shape index (κ1) is 16.9. The monoisotopic (exact) mass is 322 g/mol. The zero-order valence-corrected chi connectivity index (χ0v) is 14.4. The summed E-state index contributed by atoms with van der Waals surface area (Å²) >= 11 is 0. The Bertz CT molecular complexity index is 645. The van der Waals surface area contributed by atoms with Gasteiger partial charge in [0.2, 0.25) is 0 Å². The molecule has 0 aliphatic carbocycles. The van der Waals surface area contributed by atoms with Gasteiger partial charge in [-0.25, -0.2) is 0 Å². The Balaban J connectivity index is 1.58. The summed E-state index contributed by atoms with van der Waals surface area (Å²) < 4.78 is 0. The molecule has 0 saturated carbocycles. The van der Waals surface area contributed by atoms with E-state index in [1.807, 2.05) is 25.1 Å². The summed E-state index contributed by atoms with van der Waals surface area (Å²) in [6.45, 7) is 7.01. The molecule has 3 nitrogen and oxygen atoms in total. The van der Waals surface area contributed by atoms with Crippen molar-refractivity contribution in [3.8, 4) is 0 Å². The molecule has 3 rings (SSSR count). The fourth-order valence-corrected chi connectivity index (χ4v) is 3.27. The lowest BCUT2D eigenvalue weighted by molar-refractivity contribution is 0.0887. The van der Waals surface area contributed by atoms with E-state index < -0.39 is 0 Å². The summed E-state index contributed by atoms with van der Waals surface area (Å²) in [5, 5.41) is 3.35. The number of Topliss-reactive ketones (excluding diaryl/α,β-unsaturated/α-hetero) is 1. The van der Waals surface area contributed by atoms with Crippen LogP contribution in [0.4, 0.5) is 0 Å². The molecule has 1 fully saturated rings. The number of nitrogens with zero attached hydrogens (tertiary/aromatic N) is 1. The van der Waals surface area contributed by atoms with Crippen molar-refractivity contribution >= 4 is 5.78 Å². The van der Waals surface area contributed by atoms with Crippen LogP contribution in [0.25, 0.3) is 0 Å². The second-order valence-electron chi connectivity index (χ2n) is 6.68. The smallest absolute Gasteiger partial charge is 0.166 e. The van der Waals surface area contributed by atoms with Crippen molar-refractivity contribution in [2.24, 2.45) is 5.92 Å². The van der Waals surface area contributed by atoms with Gasteiger partial charge in [-0.15, -0.1) is 0 Å². The van der Waals surface area contributed by atoms with Crippen LogP contribution >= 0.6 is 0 Å². The molecule has 1 aliphatic rings. The van der Waals surface area contributed by atoms with Gasteiger partial charge in [0.15, 0.2) is 5.78 Å². The Morgan fingerprint density at radius 1 is 1.00 bits per heavy atom. The van der Waals surface area contributed by atoms with E-state index in [1.165, 1.54) is 11.1 Å². The van der Waals surface area contributed by atoms with Crippen LogP contribution in [0.3, 0.4) is 0 Å². The third-order valence-corrected chi connectivity index (χ3v) is 4.68. The average molecular weight is 322 g/mol. The lowest BCUT2D eigenvalue weighted by Crippen LogP contribution is -2.45. The molecule has 24 heavy (non-hydrogen) atoms. The number of benzene rings is 2. The van der Waals surface area contributed by atoms with Gasteiger partial charge < -0.3 is 10.2 Å². The van der Waals surface area contributed by atoms with E-state index in [2.05, 4.69) is 46.6 Å². The first-order valence-corrected chi connectivity index (χ1v) is 8.82. The van der Waals surface area contributed by atoms with E-state index in [4.69, 9.17) is 0 Å². The molecule has 1 N–H and O–H groups in total. The van der Waals surface area contributed by atoms with Crippen molar-refractivity contribution in [1.29, 1.82) is 0 Å². The number of piperazine rings is 1. The minimum absolute atomic E-state index is 0.0445. The molecule has 126 valence electrons. The molecule has 0 radical (unpaired) electrons. The van der Waals surface area contributed by atoms with E-state index >= 15 is 0 Å². The zero-order chi connectivity index (χ0) is 16.8. The lowest BCUT2D eigenvalue weighted by atomic mass is 9.96. The van der Waals surface area contributed by atoms with Gasteiger partial charge in [0.1, 0.15) is 0 Å². The molecule has 1 heterocycles. The van der Waals surface area contributed by atoms with Crippen LogP contribution < -0.4 is 5.32 Å². The number of carbonyl (C=O) groups excluding carboxylic acids is 1. The number of hydrogen-bond donors (Lipinski definition) is 1. The second-order valence-corrected chi connectivity index (χ2v) is 6.68. The molecule has 1 aliphatic heterocycles. The highest BCUT2D eigenvalue weighted by molar-refractivity contribution is 5.97. The Morgan fingerprint density at radius 3 is 2.29 bits per heavy atom. The molecule has 1 saturated heterocycles. The maximum absolute atomic E-state index is 12.6. The number of nitrogens with one attached hydrogen (secondary N) is 1. The quantitative estimate of drug-likeness (QED) is 0.830. The van der Waals surface area contributed by atoms with E-state index in [0.717, 1.165) is 44.7 Å². The number of ketones is 1. The van der Waals surface area contributed by atoms with Gasteiger partial charge >= 0.3 is 0 Å². The largest absolute Gasteiger partial charge is 0.314 e. The normalized spacial score (nSPS) is 16.7. The molecule has 2 aromatic carbocycles. The molecule has 1 unspecified atom stereocenters. The van der Waals surface area contributed by atoms with Crippen molar-refractivity contribution in [1.82, 2.24) is 10.2 Å². The Hall–Kier alpha value is -1.97. The Morgan fingerprint density at radius 2 is 1.62 bits per heavy atom. The molecule has 0 aromatic heterocycles. The molecular weight excluding hydrogens is 296 g/mol. The third-order valence-electron chi connectivity index (χ3n) is 4.68. The molecule has 3 heteroatoms. The molecule has 2 aromatic rings. The van der Waals surface area contributed by atoms with Crippen molar-refractivity contribution in [3.05, 3.63) is 71.3 Å². The summed E-state index contributed by atoms with van der Waals surface area (Å²) in [6.07, 6.45) is 0.908. The summed E-state index contributed by atoms with van der Waals surface area (Å²) in [5.41, 5.74) is 3.37. The topological polar surface area (TPSA) is 32.3 Å². The zero-order valence-electron chi connectivity index (χ0n) is 14.4. The first-order chi connectivity index (χ1) is 11.7. The van der Waals surface area contributed by atoms with Gasteiger partial charge in [-0.1, -0.05) is 61.5 Å². The minimum Gasteiger partial charge on any atom is -0.314 e. The molecule has 0 spiro atoms. The van der Waals surface area contributed by atoms with E-state index in [1.54, 1.807) is 0 Å². The first-order valence-electron chi connectivity index (χ1n) is 8.82. The van der Waals surface area contributed by atoms with E-state index in [0.29, 0.717) is 0 Å². The Labute approximate surface area is 144 Å². The average Bonchev–Trinajstić information content (AvgIpc) is 2.63. The van der Waals surface area contributed by atoms with Gasteiger partial charge in [0, 0.05) is 44.2 Å². The predicted molar refractivity (Wildman–Crippen MR) is 98.5 cm³/mol. The van der Waals surface area contributed by atoms with Crippen LogP contribution in [0, 0.1) is 5.92 Å². The van der Waals surface area contributed by atoms with Gasteiger partial charge in [-0.3, -0.25) is 4.79 Å². The predicted octanol–water partition coefficient (Wildman–Crippen LogP) is 3.00. The van der Waals surface area contributed by atoms with Crippen LogP contribution in [0.2, 0.25) is 0 Å². The minimum atomic E-state index is 0.0445. The highest BCUT2D eigenvalue weighted by atomic mass is 16.1. The third kappa shape index (κ3) is 4.53. The molecular formula is C21H26N2O. The standard InChI is InChI=1S/C21H26N2O/c1-17(16-23-13-11-22-12-14-23)21(24)20-9-7-19(8-10-20)15-18-5-3-2-4-6-18/h2-10,17,22H,11-16H2,1H3. The molecule has 0 bridgehead atoms. The van der Waals surface area contributed by atoms with Crippen LogP contribution in [0.15, 0.2) is 54.6 Å². The van der Waals surface area contributed by atoms with Crippen molar-refractivity contribution in [3.63, 3.8) is 0 Å². The van der Waals surface area contributed by atoms with E-state index in [9.17, 15) is 4.79 Å². The summed E-state index contributed by atoms with van der Waals surface area (Å²) in [4.78, 5) is 15.0. The van der Waals surface area contributed by atoms with E-state index in [-0.39, 0.29) is 11.7 Å².